The first-order chi connectivity index (χ1) is 10.6. The molecule has 6 rings (SSSR count). The van der Waals surface area contributed by atoms with Crippen LogP contribution in [-0.4, -0.2) is 19.9 Å². The van der Waals surface area contributed by atoms with Gasteiger partial charge in [-0.25, -0.2) is 9.97 Å². The Balaban J connectivity index is 1.66. The van der Waals surface area contributed by atoms with Crippen molar-refractivity contribution in [1.29, 1.82) is 0 Å². The van der Waals surface area contributed by atoms with E-state index in [1.165, 1.54) is 38.5 Å². The van der Waals surface area contributed by atoms with Gasteiger partial charge in [-0.15, -0.1) is 0 Å². The molecule has 0 spiro atoms. The smallest absolute Gasteiger partial charge is 0.280 e. The molecule has 2 aromatic heterocycles. The third-order valence-electron chi connectivity index (χ3n) is 6.02. The summed E-state index contributed by atoms with van der Waals surface area (Å²) in [5, 5.41) is 0. The van der Waals surface area contributed by atoms with Crippen LogP contribution in [0.1, 0.15) is 44.2 Å². The maximum atomic E-state index is 12.1. The van der Waals surface area contributed by atoms with Gasteiger partial charge in [-0.2, -0.15) is 4.98 Å². The Hall–Kier alpha value is -1.98. The Labute approximate surface area is 127 Å². The molecule has 114 valence electrons. The Kier molecular flexibility index (Phi) is 2.31. The van der Waals surface area contributed by atoms with Gasteiger partial charge in [0.1, 0.15) is 0 Å². The molecule has 22 heavy (non-hydrogen) atoms. The SMILES string of the molecule is Nc1nc2ncc(C34CC5CC(CC(C5)C3)C4)nc2c(=O)[nH]1. The molecule has 2 aromatic rings. The summed E-state index contributed by atoms with van der Waals surface area (Å²) >= 11 is 0. The zero-order valence-electron chi connectivity index (χ0n) is 12.4. The Morgan fingerprint density at radius 1 is 1.09 bits per heavy atom. The Bertz CT molecular complexity index is 792. The number of rotatable bonds is 1. The molecular weight excluding hydrogens is 278 g/mol. The van der Waals surface area contributed by atoms with E-state index in [9.17, 15) is 4.79 Å². The molecule has 0 amide bonds. The zero-order valence-corrected chi connectivity index (χ0v) is 12.4. The maximum Gasteiger partial charge on any atom is 0.280 e. The first kappa shape index (κ1) is 12.6. The second kappa shape index (κ2) is 4.06. The summed E-state index contributed by atoms with van der Waals surface area (Å²) in [7, 11) is 0. The third kappa shape index (κ3) is 1.66. The predicted molar refractivity (Wildman–Crippen MR) is 82.2 cm³/mol. The highest BCUT2D eigenvalue weighted by Crippen LogP contribution is 2.60. The van der Waals surface area contributed by atoms with Gasteiger partial charge < -0.3 is 5.73 Å². The van der Waals surface area contributed by atoms with Gasteiger partial charge in [0.05, 0.1) is 11.9 Å². The molecule has 4 aliphatic rings. The lowest BCUT2D eigenvalue weighted by Crippen LogP contribution is -2.49. The van der Waals surface area contributed by atoms with E-state index in [0.717, 1.165) is 23.4 Å². The van der Waals surface area contributed by atoms with Gasteiger partial charge in [-0.1, -0.05) is 0 Å². The molecule has 4 aliphatic carbocycles. The molecule has 0 aromatic carbocycles. The highest BCUT2D eigenvalue weighted by atomic mass is 16.1. The molecule has 4 saturated carbocycles. The molecule has 0 atom stereocenters. The molecule has 2 heterocycles. The summed E-state index contributed by atoms with van der Waals surface area (Å²) in [6.45, 7) is 0. The number of nitrogens with two attached hydrogens (primary N) is 1. The van der Waals surface area contributed by atoms with Crippen molar-refractivity contribution < 1.29 is 0 Å². The number of hydrogen-bond donors (Lipinski definition) is 2. The number of H-pyrrole nitrogens is 1. The number of anilines is 1. The average Bonchev–Trinajstić information content (AvgIpc) is 2.45. The second-order valence-corrected chi connectivity index (χ2v) is 7.58. The van der Waals surface area contributed by atoms with E-state index >= 15 is 0 Å². The first-order valence-electron chi connectivity index (χ1n) is 8.14. The fraction of sp³-hybridized carbons (Fsp3) is 0.625. The van der Waals surface area contributed by atoms with Gasteiger partial charge in [0.2, 0.25) is 5.95 Å². The van der Waals surface area contributed by atoms with Gasteiger partial charge >= 0.3 is 0 Å². The molecule has 0 unspecified atom stereocenters. The van der Waals surface area contributed by atoms with Crippen molar-refractivity contribution in [3.8, 4) is 0 Å². The number of fused-ring (bicyclic) bond motifs is 1. The van der Waals surface area contributed by atoms with E-state index < -0.39 is 0 Å². The summed E-state index contributed by atoms with van der Waals surface area (Å²) in [5.41, 5.74) is 7.09. The van der Waals surface area contributed by atoms with Gasteiger partial charge in [0.15, 0.2) is 11.2 Å². The molecule has 4 fully saturated rings. The summed E-state index contributed by atoms with van der Waals surface area (Å²) in [5.74, 6) is 2.61. The molecule has 0 radical (unpaired) electrons. The summed E-state index contributed by atoms with van der Waals surface area (Å²) in [6, 6.07) is 0. The number of nitrogens with one attached hydrogen (secondary N) is 1. The average molecular weight is 297 g/mol. The number of nitrogen functional groups attached to an aromatic ring is 1. The quantitative estimate of drug-likeness (QED) is 0.836. The molecule has 0 aliphatic heterocycles. The van der Waals surface area contributed by atoms with Crippen LogP contribution in [0.2, 0.25) is 0 Å². The first-order valence-corrected chi connectivity index (χ1v) is 8.14. The fourth-order valence-corrected chi connectivity index (χ4v) is 5.61. The maximum absolute atomic E-state index is 12.1. The van der Waals surface area contributed by atoms with E-state index in [2.05, 4.69) is 19.9 Å². The molecule has 6 heteroatoms. The molecule has 0 saturated heterocycles. The highest BCUT2D eigenvalue weighted by Gasteiger charge is 2.52. The minimum Gasteiger partial charge on any atom is -0.369 e. The topological polar surface area (TPSA) is 97.5 Å². The monoisotopic (exact) mass is 297 g/mol. The normalized spacial score (nSPS) is 36.1. The van der Waals surface area contributed by atoms with E-state index in [-0.39, 0.29) is 16.9 Å². The molecule has 6 nitrogen and oxygen atoms in total. The Morgan fingerprint density at radius 3 is 2.36 bits per heavy atom. The second-order valence-electron chi connectivity index (χ2n) is 7.58. The van der Waals surface area contributed by atoms with Crippen LogP contribution in [0.3, 0.4) is 0 Å². The fourth-order valence-electron chi connectivity index (χ4n) is 5.61. The number of aromatic amines is 1. The predicted octanol–water partition coefficient (Wildman–Crippen LogP) is 1.76. The van der Waals surface area contributed by atoms with Crippen molar-refractivity contribution >= 4 is 17.1 Å². The molecular formula is C16H19N5O. The van der Waals surface area contributed by atoms with Gasteiger partial charge in [0, 0.05) is 5.41 Å². The molecule has 3 N–H and O–H groups in total. The summed E-state index contributed by atoms with van der Waals surface area (Å²) < 4.78 is 0. The van der Waals surface area contributed by atoms with Crippen molar-refractivity contribution in [2.45, 2.75) is 43.9 Å². The third-order valence-corrected chi connectivity index (χ3v) is 6.02. The largest absolute Gasteiger partial charge is 0.369 e. The highest BCUT2D eigenvalue weighted by molar-refractivity contribution is 5.69. The van der Waals surface area contributed by atoms with Crippen molar-refractivity contribution in [3.05, 3.63) is 22.2 Å². The van der Waals surface area contributed by atoms with Crippen LogP contribution in [0.15, 0.2) is 11.0 Å². The lowest BCUT2D eigenvalue weighted by molar-refractivity contribution is -0.00722. The lowest BCUT2D eigenvalue weighted by atomic mass is 9.49. The van der Waals surface area contributed by atoms with Crippen molar-refractivity contribution in [2.24, 2.45) is 17.8 Å². The lowest BCUT2D eigenvalue weighted by Gasteiger charge is -2.56. The van der Waals surface area contributed by atoms with Crippen LogP contribution < -0.4 is 11.3 Å². The van der Waals surface area contributed by atoms with E-state index in [4.69, 9.17) is 5.73 Å². The summed E-state index contributed by atoms with van der Waals surface area (Å²) in [6.07, 6.45) is 9.62. The van der Waals surface area contributed by atoms with Crippen molar-refractivity contribution in [2.75, 3.05) is 5.73 Å². The van der Waals surface area contributed by atoms with Crippen molar-refractivity contribution in [3.63, 3.8) is 0 Å². The Morgan fingerprint density at radius 2 is 1.73 bits per heavy atom. The van der Waals surface area contributed by atoms with E-state index in [1.54, 1.807) is 0 Å². The van der Waals surface area contributed by atoms with Crippen LogP contribution in [0.25, 0.3) is 11.2 Å². The van der Waals surface area contributed by atoms with Crippen molar-refractivity contribution in [1.82, 2.24) is 19.9 Å². The van der Waals surface area contributed by atoms with E-state index in [1.807, 2.05) is 6.20 Å². The number of hydrogen-bond acceptors (Lipinski definition) is 5. The number of aromatic nitrogens is 4. The van der Waals surface area contributed by atoms with Crippen LogP contribution >= 0.6 is 0 Å². The molecule has 4 bridgehead atoms. The van der Waals surface area contributed by atoms with Crippen LogP contribution in [0.5, 0.6) is 0 Å². The minimum absolute atomic E-state index is 0.0920. The summed E-state index contributed by atoms with van der Waals surface area (Å²) in [4.78, 5) is 27.8. The van der Waals surface area contributed by atoms with E-state index in [0.29, 0.717) is 11.2 Å². The van der Waals surface area contributed by atoms with Gasteiger partial charge in [-0.3, -0.25) is 9.78 Å². The standard InChI is InChI=1S/C16H19N5O/c17-15-20-13-12(14(22)21-15)19-11(7-18-13)16-4-8-1-9(5-16)3-10(2-8)6-16/h7-10H,1-6H2,(H3,17,18,20,21,22). The zero-order chi connectivity index (χ0) is 14.9. The number of nitrogens with zero attached hydrogens (tertiary/aromatic N) is 3. The van der Waals surface area contributed by atoms with Crippen LogP contribution in [0, 0.1) is 17.8 Å². The van der Waals surface area contributed by atoms with Crippen LogP contribution in [-0.2, 0) is 5.41 Å². The van der Waals surface area contributed by atoms with Gasteiger partial charge in [-0.05, 0) is 56.3 Å². The van der Waals surface area contributed by atoms with Crippen LogP contribution in [0.4, 0.5) is 5.95 Å². The minimum atomic E-state index is -0.290. The van der Waals surface area contributed by atoms with Gasteiger partial charge in [0.25, 0.3) is 5.56 Å².